The molecule has 0 radical (unpaired) electrons. The SMILES string of the molecule is Nc1ccc(CNC(=O)CCN2CCOCC2)cc1. The highest BCUT2D eigenvalue weighted by Crippen LogP contribution is 2.05. The molecule has 5 heteroatoms. The van der Waals surface area contributed by atoms with Gasteiger partial charge in [-0.15, -0.1) is 0 Å². The van der Waals surface area contributed by atoms with Crippen molar-refractivity contribution in [3.8, 4) is 0 Å². The highest BCUT2D eigenvalue weighted by Gasteiger charge is 2.11. The van der Waals surface area contributed by atoms with Gasteiger partial charge in [-0.25, -0.2) is 0 Å². The summed E-state index contributed by atoms with van der Waals surface area (Å²) in [5, 5.41) is 2.92. The zero-order valence-electron chi connectivity index (χ0n) is 11.1. The van der Waals surface area contributed by atoms with Gasteiger partial charge in [-0.3, -0.25) is 9.69 Å². The second kappa shape index (κ2) is 7.11. The van der Waals surface area contributed by atoms with Crippen LogP contribution in [0.1, 0.15) is 12.0 Å². The maximum absolute atomic E-state index is 11.7. The molecule has 1 aromatic carbocycles. The monoisotopic (exact) mass is 263 g/mol. The van der Waals surface area contributed by atoms with E-state index in [0.29, 0.717) is 13.0 Å². The molecule has 0 aliphatic carbocycles. The Morgan fingerprint density at radius 3 is 2.63 bits per heavy atom. The van der Waals surface area contributed by atoms with Gasteiger partial charge in [-0.1, -0.05) is 12.1 Å². The van der Waals surface area contributed by atoms with Crippen LogP contribution in [0, 0.1) is 0 Å². The van der Waals surface area contributed by atoms with E-state index < -0.39 is 0 Å². The van der Waals surface area contributed by atoms with Crippen molar-refractivity contribution in [2.24, 2.45) is 0 Å². The minimum absolute atomic E-state index is 0.0864. The van der Waals surface area contributed by atoms with Gasteiger partial charge in [0, 0.05) is 38.3 Å². The van der Waals surface area contributed by atoms with Crippen LogP contribution in [0.2, 0.25) is 0 Å². The standard InChI is InChI=1S/C14H21N3O2/c15-13-3-1-12(2-4-13)11-16-14(18)5-6-17-7-9-19-10-8-17/h1-4H,5-11,15H2,(H,16,18). The molecule has 0 unspecified atom stereocenters. The average Bonchev–Trinajstić information content (AvgIpc) is 2.45. The fourth-order valence-electron chi connectivity index (χ4n) is 2.01. The molecule has 0 bridgehead atoms. The van der Waals surface area contributed by atoms with E-state index in [1.54, 1.807) is 0 Å². The molecule has 2 rings (SSSR count). The second-order valence-electron chi connectivity index (χ2n) is 4.72. The first-order valence-corrected chi connectivity index (χ1v) is 6.65. The first-order chi connectivity index (χ1) is 9.24. The zero-order valence-corrected chi connectivity index (χ0v) is 11.1. The quantitative estimate of drug-likeness (QED) is 0.764. The number of hydrogen-bond donors (Lipinski definition) is 2. The number of morpholine rings is 1. The van der Waals surface area contributed by atoms with Gasteiger partial charge in [0.15, 0.2) is 0 Å². The molecule has 0 saturated carbocycles. The summed E-state index contributed by atoms with van der Waals surface area (Å²) in [6, 6.07) is 7.54. The fraction of sp³-hybridized carbons (Fsp3) is 0.500. The largest absolute Gasteiger partial charge is 0.399 e. The average molecular weight is 263 g/mol. The molecule has 1 saturated heterocycles. The molecule has 104 valence electrons. The Morgan fingerprint density at radius 1 is 1.26 bits per heavy atom. The Bertz CT molecular complexity index is 400. The molecule has 19 heavy (non-hydrogen) atoms. The molecule has 1 aromatic rings. The number of rotatable bonds is 5. The third-order valence-electron chi connectivity index (χ3n) is 3.23. The van der Waals surface area contributed by atoms with Crippen molar-refractivity contribution in [3.63, 3.8) is 0 Å². The molecule has 1 heterocycles. The lowest BCUT2D eigenvalue weighted by atomic mass is 10.2. The van der Waals surface area contributed by atoms with Crippen molar-refractivity contribution >= 4 is 11.6 Å². The van der Waals surface area contributed by atoms with Gasteiger partial charge in [-0.05, 0) is 17.7 Å². The van der Waals surface area contributed by atoms with E-state index in [4.69, 9.17) is 10.5 Å². The van der Waals surface area contributed by atoms with Crippen molar-refractivity contribution < 1.29 is 9.53 Å². The first-order valence-electron chi connectivity index (χ1n) is 6.65. The van der Waals surface area contributed by atoms with E-state index >= 15 is 0 Å². The van der Waals surface area contributed by atoms with E-state index in [2.05, 4.69) is 10.2 Å². The topological polar surface area (TPSA) is 67.6 Å². The number of ether oxygens (including phenoxy) is 1. The maximum atomic E-state index is 11.7. The molecule has 1 amide bonds. The summed E-state index contributed by atoms with van der Waals surface area (Å²) < 4.78 is 5.27. The van der Waals surface area contributed by atoms with Crippen LogP contribution < -0.4 is 11.1 Å². The van der Waals surface area contributed by atoms with Crippen molar-refractivity contribution in [1.82, 2.24) is 10.2 Å². The molecule has 5 nitrogen and oxygen atoms in total. The molecule has 1 fully saturated rings. The number of nitrogen functional groups attached to an aromatic ring is 1. The van der Waals surface area contributed by atoms with Crippen molar-refractivity contribution in [1.29, 1.82) is 0 Å². The Kier molecular flexibility index (Phi) is 5.18. The number of nitrogens with two attached hydrogens (primary N) is 1. The third-order valence-corrected chi connectivity index (χ3v) is 3.23. The van der Waals surface area contributed by atoms with Crippen LogP contribution in [-0.4, -0.2) is 43.7 Å². The lowest BCUT2D eigenvalue weighted by Crippen LogP contribution is -2.38. The van der Waals surface area contributed by atoms with Crippen molar-refractivity contribution in [3.05, 3.63) is 29.8 Å². The molecule has 0 spiro atoms. The summed E-state index contributed by atoms with van der Waals surface area (Å²) in [7, 11) is 0. The van der Waals surface area contributed by atoms with Crippen LogP contribution >= 0.6 is 0 Å². The summed E-state index contributed by atoms with van der Waals surface area (Å²) in [6.45, 7) is 4.75. The molecule has 3 N–H and O–H groups in total. The number of nitrogens with zero attached hydrogens (tertiary/aromatic N) is 1. The zero-order chi connectivity index (χ0) is 13.5. The number of carbonyl (C=O) groups is 1. The highest BCUT2D eigenvalue weighted by molar-refractivity contribution is 5.76. The number of amides is 1. The van der Waals surface area contributed by atoms with Crippen LogP contribution in [0.4, 0.5) is 5.69 Å². The Morgan fingerprint density at radius 2 is 1.95 bits per heavy atom. The molecule has 1 aliphatic heterocycles. The minimum Gasteiger partial charge on any atom is -0.399 e. The van der Waals surface area contributed by atoms with Gasteiger partial charge in [0.25, 0.3) is 0 Å². The van der Waals surface area contributed by atoms with E-state index in [1.807, 2.05) is 24.3 Å². The van der Waals surface area contributed by atoms with Crippen LogP contribution in [0.3, 0.4) is 0 Å². The van der Waals surface area contributed by atoms with E-state index in [1.165, 1.54) is 0 Å². The van der Waals surface area contributed by atoms with Gasteiger partial charge >= 0.3 is 0 Å². The van der Waals surface area contributed by atoms with E-state index in [9.17, 15) is 4.79 Å². The van der Waals surface area contributed by atoms with Gasteiger partial charge in [0.2, 0.25) is 5.91 Å². The number of anilines is 1. The number of carbonyl (C=O) groups excluding carboxylic acids is 1. The van der Waals surface area contributed by atoms with Crippen LogP contribution in [-0.2, 0) is 16.1 Å². The van der Waals surface area contributed by atoms with E-state index in [0.717, 1.165) is 44.1 Å². The van der Waals surface area contributed by atoms with Crippen molar-refractivity contribution in [2.45, 2.75) is 13.0 Å². The van der Waals surface area contributed by atoms with Crippen LogP contribution in [0.25, 0.3) is 0 Å². The van der Waals surface area contributed by atoms with Crippen LogP contribution in [0.15, 0.2) is 24.3 Å². The third kappa shape index (κ3) is 4.89. The van der Waals surface area contributed by atoms with Crippen molar-refractivity contribution in [2.75, 3.05) is 38.6 Å². The smallest absolute Gasteiger partial charge is 0.221 e. The second-order valence-corrected chi connectivity index (χ2v) is 4.72. The fourth-order valence-corrected chi connectivity index (χ4v) is 2.01. The Labute approximate surface area is 113 Å². The number of hydrogen-bond acceptors (Lipinski definition) is 4. The Balaban J connectivity index is 1.65. The molecular formula is C14H21N3O2. The van der Waals surface area contributed by atoms with Gasteiger partial charge in [0.05, 0.1) is 13.2 Å². The predicted molar refractivity (Wildman–Crippen MR) is 74.6 cm³/mol. The molecule has 0 atom stereocenters. The summed E-state index contributed by atoms with van der Waals surface area (Å²) >= 11 is 0. The highest BCUT2D eigenvalue weighted by atomic mass is 16.5. The van der Waals surface area contributed by atoms with Gasteiger partial charge < -0.3 is 15.8 Å². The van der Waals surface area contributed by atoms with Gasteiger partial charge in [0.1, 0.15) is 0 Å². The lowest BCUT2D eigenvalue weighted by molar-refractivity contribution is -0.121. The Hall–Kier alpha value is -1.59. The molecule has 1 aliphatic rings. The number of nitrogens with one attached hydrogen (secondary N) is 1. The number of benzene rings is 1. The minimum atomic E-state index is 0.0864. The predicted octanol–water partition coefficient (Wildman–Crippen LogP) is 0.607. The summed E-state index contributed by atoms with van der Waals surface area (Å²) in [6.07, 6.45) is 0.537. The molecular weight excluding hydrogens is 242 g/mol. The first kappa shape index (κ1) is 13.8. The summed E-state index contributed by atoms with van der Waals surface area (Å²) in [4.78, 5) is 14.0. The summed E-state index contributed by atoms with van der Waals surface area (Å²) in [5.41, 5.74) is 7.41. The van der Waals surface area contributed by atoms with Gasteiger partial charge in [-0.2, -0.15) is 0 Å². The summed E-state index contributed by atoms with van der Waals surface area (Å²) in [5.74, 6) is 0.0864. The van der Waals surface area contributed by atoms with Crippen LogP contribution in [0.5, 0.6) is 0 Å². The molecule has 0 aromatic heterocycles. The van der Waals surface area contributed by atoms with E-state index in [-0.39, 0.29) is 5.91 Å². The maximum Gasteiger partial charge on any atom is 0.221 e. The lowest BCUT2D eigenvalue weighted by Gasteiger charge is -2.26. The normalized spacial score (nSPS) is 16.2.